The van der Waals surface area contributed by atoms with Gasteiger partial charge in [-0.05, 0) is 17.5 Å². The first-order valence-corrected chi connectivity index (χ1v) is 8.77. The van der Waals surface area contributed by atoms with Crippen LogP contribution < -0.4 is 0 Å². The zero-order valence-corrected chi connectivity index (χ0v) is 13.8. The molecule has 3 aromatic rings. The van der Waals surface area contributed by atoms with Crippen molar-refractivity contribution in [1.29, 1.82) is 0 Å². The predicted octanol–water partition coefficient (Wildman–Crippen LogP) is 3.42. The molecular weight excluding hydrogens is 312 g/mol. The number of aliphatic hydroxyl groups is 1. The normalized spacial score (nSPS) is 26.8. The number of aromatic nitrogens is 2. The summed E-state index contributed by atoms with van der Waals surface area (Å²) in [5, 5.41) is 10.7. The molecule has 0 saturated heterocycles. The molecule has 0 spiro atoms. The number of ether oxygens (including phenoxy) is 1. The summed E-state index contributed by atoms with van der Waals surface area (Å²) in [6.45, 7) is 0.548. The molecule has 2 aromatic carbocycles. The molecule has 1 fully saturated rings. The predicted molar refractivity (Wildman–Crippen MR) is 94.9 cm³/mol. The summed E-state index contributed by atoms with van der Waals surface area (Å²) in [6, 6.07) is 18.7. The largest absolute Gasteiger partial charge is 0.390 e. The Kier molecular flexibility index (Phi) is 3.47. The Balaban J connectivity index is 1.33. The van der Waals surface area contributed by atoms with E-state index in [1.807, 2.05) is 42.9 Å². The highest BCUT2D eigenvalue weighted by atomic mass is 16.5. The molecule has 2 aliphatic rings. The van der Waals surface area contributed by atoms with Gasteiger partial charge in [-0.25, -0.2) is 4.98 Å². The smallest absolute Gasteiger partial charge is 0.0956 e. The summed E-state index contributed by atoms with van der Waals surface area (Å²) >= 11 is 0. The SMILES string of the molecule is OC1C(OCc2ccccc2)CC1C1c2ccccc2-c2cncn21. The summed E-state index contributed by atoms with van der Waals surface area (Å²) in [5.41, 5.74) is 4.79. The molecule has 2 heterocycles. The summed E-state index contributed by atoms with van der Waals surface area (Å²) in [4.78, 5) is 4.30. The van der Waals surface area contributed by atoms with E-state index in [0.29, 0.717) is 6.61 Å². The molecule has 4 atom stereocenters. The standard InChI is InChI=1S/C21H20N2O2/c24-21-17(10-19(21)25-12-14-6-2-1-3-7-14)20-16-9-5-4-8-15(16)18-11-22-13-23(18)20/h1-9,11,13,17,19-21,24H,10,12H2. The Bertz CT molecular complexity index is 890. The Morgan fingerprint density at radius 1 is 1.08 bits per heavy atom. The van der Waals surface area contributed by atoms with Gasteiger partial charge < -0.3 is 14.4 Å². The van der Waals surface area contributed by atoms with Crippen LogP contribution in [-0.2, 0) is 11.3 Å². The molecule has 1 aliphatic carbocycles. The lowest BCUT2D eigenvalue weighted by atomic mass is 9.72. The third kappa shape index (κ3) is 2.33. The quantitative estimate of drug-likeness (QED) is 0.796. The molecule has 4 heteroatoms. The highest BCUT2D eigenvalue weighted by molar-refractivity contribution is 5.69. The molecule has 126 valence electrons. The lowest BCUT2D eigenvalue weighted by Gasteiger charge is -2.44. The van der Waals surface area contributed by atoms with E-state index in [4.69, 9.17) is 4.74 Å². The van der Waals surface area contributed by atoms with Crippen molar-refractivity contribution in [2.75, 3.05) is 0 Å². The maximum atomic E-state index is 10.7. The number of nitrogens with zero attached hydrogens (tertiary/aromatic N) is 2. The molecule has 1 N–H and O–H groups in total. The molecule has 4 unspecified atom stereocenters. The average Bonchev–Trinajstić information content (AvgIpc) is 3.23. The van der Waals surface area contributed by atoms with Gasteiger partial charge in [-0.15, -0.1) is 0 Å². The van der Waals surface area contributed by atoms with Crippen molar-refractivity contribution < 1.29 is 9.84 Å². The minimum Gasteiger partial charge on any atom is -0.390 e. The Hall–Kier alpha value is -2.43. The first-order chi connectivity index (χ1) is 12.3. The molecule has 1 saturated carbocycles. The van der Waals surface area contributed by atoms with Crippen LogP contribution in [0, 0.1) is 5.92 Å². The maximum absolute atomic E-state index is 10.7. The van der Waals surface area contributed by atoms with Crippen molar-refractivity contribution in [1.82, 2.24) is 9.55 Å². The second kappa shape index (κ2) is 5.83. The van der Waals surface area contributed by atoms with Crippen LogP contribution in [0.3, 0.4) is 0 Å². The van der Waals surface area contributed by atoms with Gasteiger partial charge in [0.25, 0.3) is 0 Å². The minimum atomic E-state index is -0.449. The highest BCUT2D eigenvalue weighted by Crippen LogP contribution is 2.49. The Morgan fingerprint density at radius 2 is 1.88 bits per heavy atom. The first-order valence-electron chi connectivity index (χ1n) is 8.77. The number of hydrogen-bond acceptors (Lipinski definition) is 3. The van der Waals surface area contributed by atoms with Crippen molar-refractivity contribution in [2.45, 2.75) is 31.3 Å². The van der Waals surface area contributed by atoms with Gasteiger partial charge in [0.2, 0.25) is 0 Å². The van der Waals surface area contributed by atoms with Gasteiger partial charge in [0.05, 0.1) is 43.1 Å². The lowest BCUT2D eigenvalue weighted by molar-refractivity contribution is -0.150. The number of aliphatic hydroxyl groups excluding tert-OH is 1. The van der Waals surface area contributed by atoms with Crippen LogP contribution in [-0.4, -0.2) is 26.9 Å². The fraction of sp³-hybridized carbons (Fsp3) is 0.286. The van der Waals surface area contributed by atoms with Crippen LogP contribution in [0.1, 0.15) is 23.6 Å². The van der Waals surface area contributed by atoms with E-state index in [1.165, 1.54) is 11.1 Å². The van der Waals surface area contributed by atoms with E-state index in [-0.39, 0.29) is 18.1 Å². The summed E-state index contributed by atoms with van der Waals surface area (Å²) < 4.78 is 8.15. The molecule has 0 bridgehead atoms. The van der Waals surface area contributed by atoms with Gasteiger partial charge in [0.15, 0.2) is 0 Å². The topological polar surface area (TPSA) is 47.3 Å². The Labute approximate surface area is 146 Å². The molecule has 1 aromatic heterocycles. The van der Waals surface area contributed by atoms with Gasteiger partial charge in [-0.1, -0.05) is 54.6 Å². The van der Waals surface area contributed by atoms with E-state index >= 15 is 0 Å². The molecular formula is C21H20N2O2. The van der Waals surface area contributed by atoms with Crippen LogP contribution in [0.25, 0.3) is 11.3 Å². The third-order valence-corrected chi connectivity index (χ3v) is 5.56. The fourth-order valence-corrected chi connectivity index (χ4v) is 4.20. The molecule has 0 radical (unpaired) electrons. The monoisotopic (exact) mass is 332 g/mol. The number of imidazole rings is 1. The fourth-order valence-electron chi connectivity index (χ4n) is 4.20. The van der Waals surface area contributed by atoms with Crippen LogP contribution >= 0.6 is 0 Å². The van der Waals surface area contributed by atoms with Crippen LogP contribution in [0.4, 0.5) is 0 Å². The highest BCUT2D eigenvalue weighted by Gasteiger charge is 2.48. The van der Waals surface area contributed by atoms with Crippen molar-refractivity contribution in [2.24, 2.45) is 5.92 Å². The van der Waals surface area contributed by atoms with Crippen LogP contribution in [0.5, 0.6) is 0 Å². The summed E-state index contributed by atoms with van der Waals surface area (Å²) in [7, 11) is 0. The summed E-state index contributed by atoms with van der Waals surface area (Å²) in [6.07, 6.45) is 4.11. The van der Waals surface area contributed by atoms with Crippen LogP contribution in [0.15, 0.2) is 67.1 Å². The molecule has 0 amide bonds. The average molecular weight is 332 g/mol. The van der Waals surface area contributed by atoms with E-state index < -0.39 is 6.10 Å². The second-order valence-corrected chi connectivity index (χ2v) is 6.94. The van der Waals surface area contributed by atoms with E-state index in [9.17, 15) is 5.11 Å². The Morgan fingerprint density at radius 3 is 2.72 bits per heavy atom. The number of fused-ring (bicyclic) bond motifs is 3. The minimum absolute atomic E-state index is 0.0926. The zero-order chi connectivity index (χ0) is 16.8. The van der Waals surface area contributed by atoms with E-state index in [2.05, 4.69) is 33.8 Å². The number of benzene rings is 2. The van der Waals surface area contributed by atoms with Gasteiger partial charge in [0.1, 0.15) is 0 Å². The van der Waals surface area contributed by atoms with Crippen LogP contribution in [0.2, 0.25) is 0 Å². The van der Waals surface area contributed by atoms with Gasteiger partial charge in [-0.3, -0.25) is 0 Å². The second-order valence-electron chi connectivity index (χ2n) is 6.94. The summed E-state index contributed by atoms with van der Waals surface area (Å²) in [5.74, 6) is 0.164. The number of hydrogen-bond donors (Lipinski definition) is 1. The number of rotatable bonds is 4. The first kappa shape index (κ1) is 14.9. The molecule has 1 aliphatic heterocycles. The van der Waals surface area contributed by atoms with Gasteiger partial charge in [-0.2, -0.15) is 0 Å². The van der Waals surface area contributed by atoms with Crippen molar-refractivity contribution in [3.05, 3.63) is 78.2 Å². The van der Waals surface area contributed by atoms with E-state index in [1.54, 1.807) is 0 Å². The zero-order valence-electron chi connectivity index (χ0n) is 13.8. The van der Waals surface area contributed by atoms with Crippen molar-refractivity contribution >= 4 is 0 Å². The molecule has 5 rings (SSSR count). The maximum Gasteiger partial charge on any atom is 0.0956 e. The lowest BCUT2D eigenvalue weighted by Crippen LogP contribution is -2.51. The molecule has 25 heavy (non-hydrogen) atoms. The molecule has 4 nitrogen and oxygen atoms in total. The van der Waals surface area contributed by atoms with E-state index in [0.717, 1.165) is 17.7 Å². The van der Waals surface area contributed by atoms with Gasteiger partial charge in [0, 0.05) is 11.5 Å². The van der Waals surface area contributed by atoms with Gasteiger partial charge >= 0.3 is 0 Å². The third-order valence-electron chi connectivity index (χ3n) is 5.56. The van der Waals surface area contributed by atoms with Crippen molar-refractivity contribution in [3.63, 3.8) is 0 Å². The van der Waals surface area contributed by atoms with Crippen molar-refractivity contribution in [3.8, 4) is 11.3 Å².